The molecule has 1 unspecified atom stereocenters. The molecular weight excluding hydrogens is 829 g/mol. The van der Waals surface area contributed by atoms with Crippen LogP contribution in [0, 0.1) is 5.92 Å². The highest BCUT2D eigenvalue weighted by atomic mass is 14.3. The van der Waals surface area contributed by atoms with Gasteiger partial charge in [-0.15, -0.1) is 0 Å². The van der Waals surface area contributed by atoms with Crippen molar-refractivity contribution in [1.82, 2.24) is 0 Å². The zero-order valence-electron chi connectivity index (χ0n) is 43.7. The Labute approximate surface area is 412 Å². The van der Waals surface area contributed by atoms with Crippen molar-refractivity contribution in [1.29, 1.82) is 0 Å². The molecule has 10 rings (SSSR count). The van der Waals surface area contributed by atoms with Gasteiger partial charge in [-0.1, -0.05) is 217 Å². The Kier molecular flexibility index (Phi) is 10.9. The fraction of sp³-hybridized carbons (Fsp3) is 0.275. The van der Waals surface area contributed by atoms with Gasteiger partial charge in [-0.2, -0.15) is 0 Å². The van der Waals surface area contributed by atoms with Gasteiger partial charge >= 0.3 is 0 Å². The van der Waals surface area contributed by atoms with Gasteiger partial charge in [0.2, 0.25) is 0 Å². The predicted molar refractivity (Wildman–Crippen MR) is 306 cm³/mol. The van der Waals surface area contributed by atoms with Crippen LogP contribution in [-0.4, -0.2) is 0 Å². The van der Waals surface area contributed by atoms with Crippen molar-refractivity contribution in [3.8, 4) is 44.5 Å². The summed E-state index contributed by atoms with van der Waals surface area (Å²) in [4.78, 5) is 0. The molecule has 1 atom stereocenters. The minimum Gasteiger partial charge on any atom is -0.0991 e. The lowest BCUT2D eigenvalue weighted by Gasteiger charge is -2.27. The van der Waals surface area contributed by atoms with Crippen LogP contribution in [0.3, 0.4) is 0 Å². The van der Waals surface area contributed by atoms with Crippen molar-refractivity contribution in [2.75, 3.05) is 0 Å². The molecule has 2 aliphatic carbocycles. The fourth-order valence-electron chi connectivity index (χ4n) is 11.1. The highest BCUT2D eigenvalue weighted by Crippen LogP contribution is 2.52. The number of hydrogen-bond donors (Lipinski definition) is 0. The van der Waals surface area contributed by atoms with Gasteiger partial charge in [0, 0.05) is 5.92 Å². The van der Waals surface area contributed by atoms with E-state index >= 15 is 0 Å². The quantitative estimate of drug-likeness (QED) is 0.155. The highest BCUT2D eigenvalue weighted by molar-refractivity contribution is 6.27. The third kappa shape index (κ3) is 8.14. The first-order valence-corrected chi connectivity index (χ1v) is 25.3. The van der Waals surface area contributed by atoms with E-state index < -0.39 is 0 Å². The molecule has 0 heterocycles. The molecule has 0 saturated heterocycles. The van der Waals surface area contributed by atoms with Crippen LogP contribution in [0.4, 0.5) is 0 Å². The standard InChI is InChI=1S/C69H70/c1-16-21-51-42(3)28-41(2)22-17-18-23-44-33-57-60(36-54(44)51)55(45-29-47(66(4,5)6)34-48(30-45)67(7,8)9)38-63-62(57)37-56(46-31-49(68(10,11)12)35-50(32-46)69(13,14)15)61-39-58-52-26-19-24-43-25-20-27-53(65(43)52)59(58)40-64(61)63/h16-40,42H,1H2,2-15H3/b22-17-,23-18+,41-28-,51-21+. The molecule has 8 aromatic carbocycles. The Morgan fingerprint density at radius 1 is 0.435 bits per heavy atom. The molecule has 0 fully saturated rings. The molecule has 0 N–H and O–H groups in total. The third-order valence-corrected chi connectivity index (χ3v) is 15.2. The summed E-state index contributed by atoms with van der Waals surface area (Å²) in [6.45, 7) is 37.0. The topological polar surface area (TPSA) is 0 Å². The summed E-state index contributed by atoms with van der Waals surface area (Å²) in [7, 11) is 0. The van der Waals surface area contributed by atoms with Crippen LogP contribution in [0.2, 0.25) is 0 Å². The minimum absolute atomic E-state index is 0.0352. The van der Waals surface area contributed by atoms with Gasteiger partial charge in [-0.3, -0.25) is 0 Å². The summed E-state index contributed by atoms with van der Waals surface area (Å²) in [6.07, 6.45) is 15.5. The van der Waals surface area contributed by atoms with E-state index in [0.29, 0.717) is 0 Å². The van der Waals surface area contributed by atoms with Crippen LogP contribution < -0.4 is 0 Å². The third-order valence-electron chi connectivity index (χ3n) is 15.2. The van der Waals surface area contributed by atoms with Gasteiger partial charge in [0.15, 0.2) is 0 Å². The summed E-state index contributed by atoms with van der Waals surface area (Å²) in [5.41, 5.74) is 20.6. The van der Waals surface area contributed by atoms with Gasteiger partial charge in [-0.25, -0.2) is 0 Å². The maximum atomic E-state index is 4.24. The minimum atomic E-state index is -0.0434. The fourth-order valence-corrected chi connectivity index (χ4v) is 11.1. The zero-order chi connectivity index (χ0) is 49.1. The highest BCUT2D eigenvalue weighted by Gasteiger charge is 2.28. The molecule has 0 radical (unpaired) electrons. The van der Waals surface area contributed by atoms with E-state index in [1.54, 1.807) is 0 Å². The van der Waals surface area contributed by atoms with Crippen molar-refractivity contribution < 1.29 is 0 Å². The maximum absolute atomic E-state index is 4.24. The number of fused-ring (bicyclic) bond motifs is 9. The molecule has 0 spiro atoms. The second-order valence-corrected chi connectivity index (χ2v) is 24.5. The first kappa shape index (κ1) is 46.2. The van der Waals surface area contributed by atoms with Gasteiger partial charge in [-0.05, 0) is 192 Å². The molecule has 0 aliphatic heterocycles. The van der Waals surface area contributed by atoms with Crippen molar-refractivity contribution in [3.05, 3.63) is 191 Å². The molecule has 0 aromatic heterocycles. The maximum Gasteiger partial charge on any atom is 0.000142 e. The molecule has 2 aliphatic rings. The summed E-state index contributed by atoms with van der Waals surface area (Å²) in [5.74, 6) is 0.175. The second kappa shape index (κ2) is 16.3. The lowest BCUT2D eigenvalue weighted by atomic mass is 9.77. The molecule has 346 valence electrons. The van der Waals surface area contributed by atoms with E-state index in [2.05, 4.69) is 249 Å². The molecule has 69 heavy (non-hydrogen) atoms. The second-order valence-electron chi connectivity index (χ2n) is 24.5. The first-order chi connectivity index (χ1) is 32.5. The van der Waals surface area contributed by atoms with Crippen LogP contribution in [0.25, 0.3) is 99.2 Å². The smallest absolute Gasteiger partial charge is 0.000142 e. The van der Waals surface area contributed by atoms with Crippen molar-refractivity contribution >= 4 is 54.7 Å². The average molecular weight is 899 g/mol. The Hall–Kier alpha value is -6.50. The predicted octanol–water partition coefficient (Wildman–Crippen LogP) is 20.2. The van der Waals surface area contributed by atoms with E-state index in [-0.39, 0.29) is 27.6 Å². The molecule has 0 saturated carbocycles. The van der Waals surface area contributed by atoms with Crippen LogP contribution in [0.5, 0.6) is 0 Å². The van der Waals surface area contributed by atoms with Crippen molar-refractivity contribution in [2.24, 2.45) is 5.92 Å². The van der Waals surface area contributed by atoms with Gasteiger partial charge in [0.05, 0.1) is 0 Å². The summed E-state index contributed by atoms with van der Waals surface area (Å²) >= 11 is 0. The van der Waals surface area contributed by atoms with Gasteiger partial charge in [0.1, 0.15) is 0 Å². The number of rotatable bonds is 3. The lowest BCUT2D eigenvalue weighted by Crippen LogP contribution is -2.16. The Bertz CT molecular complexity index is 3530. The lowest BCUT2D eigenvalue weighted by molar-refractivity contribution is 0.568. The molecular formula is C69H70. The first-order valence-electron chi connectivity index (χ1n) is 25.3. The van der Waals surface area contributed by atoms with Crippen molar-refractivity contribution in [3.63, 3.8) is 0 Å². The monoisotopic (exact) mass is 899 g/mol. The number of hydrogen-bond acceptors (Lipinski definition) is 0. The molecule has 0 amide bonds. The van der Waals surface area contributed by atoms with Crippen LogP contribution in [-0.2, 0) is 21.7 Å². The molecule has 0 nitrogen and oxygen atoms in total. The van der Waals surface area contributed by atoms with Crippen LogP contribution in [0.15, 0.2) is 158 Å². The van der Waals surface area contributed by atoms with Crippen molar-refractivity contribution in [2.45, 2.75) is 119 Å². The number of allylic oxidation sites excluding steroid dienone is 8. The largest absolute Gasteiger partial charge is 0.0991 e. The normalized spacial score (nSPS) is 17.6. The van der Waals surface area contributed by atoms with Crippen LogP contribution in [0.1, 0.15) is 130 Å². The molecule has 0 bridgehead atoms. The summed E-state index contributed by atoms with van der Waals surface area (Å²) in [5, 5.41) is 10.3. The molecule has 0 heteroatoms. The van der Waals surface area contributed by atoms with E-state index in [1.807, 2.05) is 6.08 Å². The number of benzene rings is 8. The van der Waals surface area contributed by atoms with Gasteiger partial charge < -0.3 is 0 Å². The Balaban J connectivity index is 1.43. The summed E-state index contributed by atoms with van der Waals surface area (Å²) < 4.78 is 0. The van der Waals surface area contributed by atoms with E-state index in [9.17, 15) is 0 Å². The van der Waals surface area contributed by atoms with Gasteiger partial charge in [0.25, 0.3) is 0 Å². The summed E-state index contributed by atoms with van der Waals surface area (Å²) in [6, 6.07) is 43.8. The Morgan fingerprint density at radius 3 is 1.30 bits per heavy atom. The zero-order valence-corrected chi connectivity index (χ0v) is 43.7. The average Bonchev–Trinajstić information content (AvgIpc) is 3.60. The van der Waals surface area contributed by atoms with E-state index in [4.69, 9.17) is 0 Å². The van der Waals surface area contributed by atoms with Crippen LogP contribution >= 0.6 is 0 Å². The van der Waals surface area contributed by atoms with E-state index in [0.717, 1.165) is 0 Å². The van der Waals surface area contributed by atoms with E-state index in [1.165, 1.54) is 132 Å². The SMILES string of the molecule is C=C/C=C1/c2cc3c(-c4cc(C(C)(C)C)cc(C(C)(C)C)c4)cc4c5cc6c(cc5c(-c5cc(C(C)(C)C)cc(C(C)(C)C)c5)cc4c3cc2/C=C/C=C\C(C)=C/C1C)-c1cccc2cccc-6c12. The molecule has 8 aromatic rings. The Morgan fingerprint density at radius 2 is 0.841 bits per heavy atom.